The highest BCUT2D eigenvalue weighted by Crippen LogP contribution is 2.31. The van der Waals surface area contributed by atoms with E-state index in [4.69, 9.17) is 4.74 Å². The molecule has 0 saturated carbocycles. The monoisotopic (exact) mass is 442 g/mol. The number of ether oxygens (including phenoxy) is 1. The number of benzene rings is 2. The second-order valence-corrected chi connectivity index (χ2v) is 8.81. The predicted molar refractivity (Wildman–Crippen MR) is 116 cm³/mol. The maximum absolute atomic E-state index is 15.0. The topological polar surface area (TPSA) is 58.6 Å². The Balaban J connectivity index is 1.27. The molecule has 3 heterocycles. The smallest absolute Gasteiger partial charge is 0.414 e. The summed E-state index contributed by atoms with van der Waals surface area (Å²) in [5.41, 5.74) is 5.29. The summed E-state index contributed by atoms with van der Waals surface area (Å²) >= 11 is 2.73. The van der Waals surface area contributed by atoms with Gasteiger partial charge in [-0.2, -0.15) is 4.37 Å². The normalized spacial score (nSPS) is 18.4. The van der Waals surface area contributed by atoms with Crippen molar-refractivity contribution in [1.82, 2.24) is 9.36 Å². The standard InChI is InChI=1S/C21H19FN4O2S2/c22-18-9-16(26-11-17(28-21(26)27)12-29-20-23-13-30-24-20)5-6-19(18)25-8-7-14-3-1-2-4-15(14)10-25/h1-6,9,13,17H,7-8,10-12H2/t17-/m0/s1. The summed E-state index contributed by atoms with van der Waals surface area (Å²) in [6, 6.07) is 13.2. The molecule has 3 aromatic rings. The van der Waals surface area contributed by atoms with E-state index in [-0.39, 0.29) is 11.9 Å². The molecule has 0 unspecified atom stereocenters. The molecular weight excluding hydrogens is 423 g/mol. The maximum atomic E-state index is 15.0. The molecule has 30 heavy (non-hydrogen) atoms. The number of aromatic nitrogens is 2. The third-order valence-electron chi connectivity index (χ3n) is 5.33. The van der Waals surface area contributed by atoms with Gasteiger partial charge in [0.1, 0.15) is 17.4 Å². The third kappa shape index (κ3) is 3.87. The third-order valence-corrected chi connectivity index (χ3v) is 6.91. The Morgan fingerprint density at radius 1 is 1.23 bits per heavy atom. The summed E-state index contributed by atoms with van der Waals surface area (Å²) in [5, 5.41) is 0.674. The molecule has 5 rings (SSSR count). The second kappa shape index (κ2) is 8.23. The Hall–Kier alpha value is -2.65. The van der Waals surface area contributed by atoms with Crippen LogP contribution in [0.15, 0.2) is 53.1 Å². The van der Waals surface area contributed by atoms with Gasteiger partial charge in [-0.25, -0.2) is 14.2 Å². The Morgan fingerprint density at radius 2 is 2.10 bits per heavy atom. The van der Waals surface area contributed by atoms with Crippen molar-refractivity contribution in [3.63, 3.8) is 0 Å². The van der Waals surface area contributed by atoms with Crippen LogP contribution < -0.4 is 9.80 Å². The summed E-state index contributed by atoms with van der Waals surface area (Å²) in [6.45, 7) is 1.83. The number of carbonyl (C=O) groups excluding carboxylic acids is 1. The molecule has 0 aliphatic carbocycles. The summed E-state index contributed by atoms with van der Waals surface area (Å²) in [6.07, 6.45) is 0.154. The van der Waals surface area contributed by atoms with Crippen LogP contribution in [0.1, 0.15) is 11.1 Å². The van der Waals surface area contributed by atoms with Crippen molar-refractivity contribution >= 4 is 40.8 Å². The van der Waals surface area contributed by atoms with Crippen LogP contribution in [0.2, 0.25) is 0 Å². The van der Waals surface area contributed by atoms with Crippen LogP contribution in [-0.2, 0) is 17.7 Å². The van der Waals surface area contributed by atoms with Gasteiger partial charge in [0.2, 0.25) is 0 Å². The number of hydrogen-bond acceptors (Lipinski definition) is 7. The first-order chi connectivity index (χ1) is 14.7. The predicted octanol–water partition coefficient (Wildman–Crippen LogP) is 4.36. The summed E-state index contributed by atoms with van der Waals surface area (Å²) in [7, 11) is 0. The Kier molecular flexibility index (Phi) is 5.30. The summed E-state index contributed by atoms with van der Waals surface area (Å²) in [5.74, 6) is 0.233. The highest BCUT2D eigenvalue weighted by molar-refractivity contribution is 7.99. The fraction of sp³-hybridized carbons (Fsp3) is 0.286. The van der Waals surface area contributed by atoms with Crippen LogP contribution in [0.5, 0.6) is 0 Å². The van der Waals surface area contributed by atoms with Crippen molar-refractivity contribution in [3.8, 4) is 0 Å². The second-order valence-electron chi connectivity index (χ2n) is 7.22. The molecule has 1 amide bonds. The number of halogens is 1. The largest absolute Gasteiger partial charge is 0.443 e. The van der Waals surface area contributed by atoms with Crippen LogP contribution in [0.4, 0.5) is 20.6 Å². The van der Waals surface area contributed by atoms with E-state index in [9.17, 15) is 9.18 Å². The zero-order valence-corrected chi connectivity index (χ0v) is 17.7. The molecule has 0 bridgehead atoms. The Morgan fingerprint density at radius 3 is 2.90 bits per heavy atom. The zero-order chi connectivity index (χ0) is 20.5. The van der Waals surface area contributed by atoms with Gasteiger partial charge in [0.05, 0.1) is 17.9 Å². The lowest BCUT2D eigenvalue weighted by molar-refractivity contribution is 0.151. The molecule has 0 radical (unpaired) electrons. The Bertz CT molecular complexity index is 1060. The number of anilines is 2. The van der Waals surface area contributed by atoms with Gasteiger partial charge in [0.25, 0.3) is 0 Å². The average Bonchev–Trinajstić information content (AvgIpc) is 3.41. The number of amides is 1. The SMILES string of the molecule is O=C1O[C@H](CSc2ncsn2)CN1c1ccc(N2CCc3ccccc3C2)c(F)c1. The highest BCUT2D eigenvalue weighted by Gasteiger charge is 2.33. The fourth-order valence-electron chi connectivity index (χ4n) is 3.83. The lowest BCUT2D eigenvalue weighted by atomic mass is 9.99. The molecule has 2 aliphatic rings. The van der Waals surface area contributed by atoms with Crippen molar-refractivity contribution in [3.05, 3.63) is 64.9 Å². The molecule has 1 saturated heterocycles. The number of nitrogens with zero attached hydrogens (tertiary/aromatic N) is 4. The van der Waals surface area contributed by atoms with Gasteiger partial charge in [-0.05, 0) is 47.3 Å². The molecule has 154 valence electrons. The van der Waals surface area contributed by atoms with Gasteiger partial charge in [-0.3, -0.25) is 4.90 Å². The van der Waals surface area contributed by atoms with Crippen molar-refractivity contribution in [2.24, 2.45) is 0 Å². The number of cyclic esters (lactones) is 1. The maximum Gasteiger partial charge on any atom is 0.414 e. The minimum atomic E-state index is -0.453. The first-order valence-electron chi connectivity index (χ1n) is 9.66. The molecule has 6 nitrogen and oxygen atoms in total. The minimum absolute atomic E-state index is 0.285. The van der Waals surface area contributed by atoms with E-state index in [2.05, 4.69) is 21.5 Å². The average molecular weight is 443 g/mol. The number of fused-ring (bicyclic) bond motifs is 1. The van der Waals surface area contributed by atoms with Crippen molar-refractivity contribution in [2.45, 2.75) is 24.2 Å². The van der Waals surface area contributed by atoms with Gasteiger partial charge in [-0.1, -0.05) is 36.0 Å². The van der Waals surface area contributed by atoms with Gasteiger partial charge >= 0.3 is 6.09 Å². The first kappa shape index (κ1) is 19.3. The molecular formula is C21H19FN4O2S2. The van der Waals surface area contributed by atoms with Crippen molar-refractivity contribution in [2.75, 3.05) is 28.6 Å². The van der Waals surface area contributed by atoms with Gasteiger partial charge in [0, 0.05) is 18.8 Å². The van der Waals surface area contributed by atoms with E-state index in [1.165, 1.54) is 45.4 Å². The molecule has 1 atom stereocenters. The molecule has 0 spiro atoms. The molecule has 2 aromatic carbocycles. The van der Waals surface area contributed by atoms with Crippen molar-refractivity contribution in [1.29, 1.82) is 0 Å². The molecule has 1 fully saturated rings. The highest BCUT2D eigenvalue weighted by atomic mass is 32.2. The van der Waals surface area contributed by atoms with Crippen LogP contribution in [0.3, 0.4) is 0 Å². The van der Waals surface area contributed by atoms with Crippen LogP contribution in [-0.4, -0.2) is 40.4 Å². The van der Waals surface area contributed by atoms with Gasteiger partial charge in [-0.15, -0.1) is 0 Å². The number of rotatable bonds is 5. The van der Waals surface area contributed by atoms with Gasteiger partial charge in [0.15, 0.2) is 5.16 Å². The van der Waals surface area contributed by atoms with E-state index in [1.54, 1.807) is 17.6 Å². The summed E-state index contributed by atoms with van der Waals surface area (Å²) < 4.78 is 24.6. The van der Waals surface area contributed by atoms with Crippen LogP contribution in [0.25, 0.3) is 0 Å². The van der Waals surface area contributed by atoms with E-state index in [0.717, 1.165) is 13.0 Å². The number of hydrogen-bond donors (Lipinski definition) is 0. The number of thioether (sulfide) groups is 1. The summed E-state index contributed by atoms with van der Waals surface area (Å²) in [4.78, 5) is 20.0. The molecule has 1 aromatic heterocycles. The Labute approximate surface area is 181 Å². The molecule has 2 aliphatic heterocycles. The van der Waals surface area contributed by atoms with E-state index in [0.29, 0.717) is 35.4 Å². The molecule has 0 N–H and O–H groups in total. The molecule has 9 heteroatoms. The lowest BCUT2D eigenvalue weighted by Crippen LogP contribution is -2.31. The number of carbonyl (C=O) groups is 1. The van der Waals surface area contributed by atoms with Crippen molar-refractivity contribution < 1.29 is 13.9 Å². The minimum Gasteiger partial charge on any atom is -0.443 e. The lowest BCUT2D eigenvalue weighted by Gasteiger charge is -2.31. The quantitative estimate of drug-likeness (QED) is 0.548. The van der Waals surface area contributed by atoms with Crippen LogP contribution in [0, 0.1) is 5.82 Å². The first-order valence-corrected chi connectivity index (χ1v) is 11.5. The zero-order valence-electron chi connectivity index (χ0n) is 16.0. The van der Waals surface area contributed by atoms with Crippen LogP contribution >= 0.6 is 23.3 Å². The van der Waals surface area contributed by atoms with E-state index in [1.807, 2.05) is 17.0 Å². The van der Waals surface area contributed by atoms with E-state index >= 15 is 0 Å². The van der Waals surface area contributed by atoms with E-state index < -0.39 is 6.09 Å². The fourth-order valence-corrected chi connectivity index (χ4v) is 5.21. The van der Waals surface area contributed by atoms with Gasteiger partial charge < -0.3 is 9.64 Å².